The molecule has 0 bridgehead atoms. The molecule has 0 spiro atoms. The van der Waals surface area contributed by atoms with Crippen LogP contribution in [0.15, 0.2) is 41.0 Å². The summed E-state index contributed by atoms with van der Waals surface area (Å²) >= 11 is 0. The predicted octanol–water partition coefficient (Wildman–Crippen LogP) is 3.77. The lowest BCUT2D eigenvalue weighted by Crippen LogP contribution is -2.14. The summed E-state index contributed by atoms with van der Waals surface area (Å²) in [5.74, 6) is -2.47. The smallest absolute Gasteiger partial charge is 0.336 e. The Bertz CT molecular complexity index is 909. The van der Waals surface area contributed by atoms with E-state index in [1.165, 1.54) is 0 Å². The molecule has 0 aliphatic heterocycles. The SMILES string of the molecule is CC(C)=C(C(=O)O)/C(C(=O)O)=C(/C)c1c(C)n(C)c2ccccc12. The molecule has 126 valence electrons. The molecular formula is C19H21NO4. The van der Waals surface area contributed by atoms with Crippen LogP contribution in [-0.2, 0) is 16.6 Å². The van der Waals surface area contributed by atoms with Gasteiger partial charge in [0.05, 0.1) is 11.1 Å². The van der Waals surface area contributed by atoms with Crippen LogP contribution in [0.25, 0.3) is 16.5 Å². The fraction of sp³-hybridized carbons (Fsp3) is 0.263. The van der Waals surface area contributed by atoms with Crippen LogP contribution in [0.5, 0.6) is 0 Å². The number of aromatic nitrogens is 1. The van der Waals surface area contributed by atoms with Gasteiger partial charge in [-0.2, -0.15) is 0 Å². The quantitative estimate of drug-likeness (QED) is 0.662. The van der Waals surface area contributed by atoms with Gasteiger partial charge in [0.25, 0.3) is 0 Å². The maximum Gasteiger partial charge on any atom is 0.336 e. The minimum Gasteiger partial charge on any atom is -0.478 e. The van der Waals surface area contributed by atoms with Crippen LogP contribution in [0.2, 0.25) is 0 Å². The molecule has 2 N–H and O–H groups in total. The lowest BCUT2D eigenvalue weighted by atomic mass is 9.92. The van der Waals surface area contributed by atoms with E-state index in [1.807, 2.05) is 42.8 Å². The Morgan fingerprint density at radius 1 is 0.958 bits per heavy atom. The van der Waals surface area contributed by atoms with Crippen molar-refractivity contribution in [3.8, 4) is 0 Å². The highest BCUT2D eigenvalue weighted by Crippen LogP contribution is 2.34. The Morgan fingerprint density at radius 2 is 1.50 bits per heavy atom. The molecule has 0 saturated heterocycles. The van der Waals surface area contributed by atoms with Crippen molar-refractivity contribution in [2.75, 3.05) is 0 Å². The number of carboxylic acid groups (broad SMARTS) is 2. The van der Waals surface area contributed by atoms with Gasteiger partial charge in [-0.1, -0.05) is 23.8 Å². The number of fused-ring (bicyclic) bond motifs is 1. The van der Waals surface area contributed by atoms with Crippen molar-refractivity contribution in [3.05, 3.63) is 52.2 Å². The zero-order valence-electron chi connectivity index (χ0n) is 14.5. The average molecular weight is 327 g/mol. The predicted molar refractivity (Wildman–Crippen MR) is 93.9 cm³/mol. The second kappa shape index (κ2) is 6.35. The van der Waals surface area contributed by atoms with E-state index in [9.17, 15) is 19.8 Å². The highest BCUT2D eigenvalue weighted by atomic mass is 16.4. The van der Waals surface area contributed by atoms with Crippen molar-refractivity contribution in [1.82, 2.24) is 4.57 Å². The van der Waals surface area contributed by atoms with Crippen LogP contribution in [0.3, 0.4) is 0 Å². The zero-order chi connectivity index (χ0) is 18.2. The van der Waals surface area contributed by atoms with E-state index >= 15 is 0 Å². The Balaban J connectivity index is 2.95. The molecule has 0 amide bonds. The lowest BCUT2D eigenvalue weighted by Gasteiger charge is -2.12. The summed E-state index contributed by atoms with van der Waals surface area (Å²) in [5.41, 5.74) is 3.22. The summed E-state index contributed by atoms with van der Waals surface area (Å²) in [5, 5.41) is 20.1. The van der Waals surface area contributed by atoms with Gasteiger partial charge in [0.1, 0.15) is 0 Å². The first-order chi connectivity index (χ1) is 11.2. The molecule has 0 unspecified atom stereocenters. The van der Waals surface area contributed by atoms with Gasteiger partial charge in [0.2, 0.25) is 0 Å². The maximum atomic E-state index is 11.9. The fourth-order valence-corrected chi connectivity index (χ4v) is 3.14. The Morgan fingerprint density at radius 3 is 2.00 bits per heavy atom. The van der Waals surface area contributed by atoms with Gasteiger partial charge >= 0.3 is 11.9 Å². The Labute approximate surface area is 140 Å². The third kappa shape index (κ3) is 2.73. The van der Waals surface area contributed by atoms with Gasteiger partial charge in [-0.15, -0.1) is 0 Å². The first-order valence-corrected chi connectivity index (χ1v) is 7.58. The number of aryl methyl sites for hydroxylation is 1. The summed E-state index contributed by atoms with van der Waals surface area (Å²) in [4.78, 5) is 23.5. The number of para-hydroxylation sites is 1. The van der Waals surface area contributed by atoms with Crippen LogP contribution < -0.4 is 0 Å². The van der Waals surface area contributed by atoms with Gasteiger partial charge < -0.3 is 14.8 Å². The molecule has 1 aromatic carbocycles. The molecule has 0 atom stereocenters. The van der Waals surface area contributed by atoms with E-state index in [0.29, 0.717) is 11.1 Å². The number of carbonyl (C=O) groups is 2. The van der Waals surface area contributed by atoms with Crippen LogP contribution in [0, 0.1) is 6.92 Å². The first-order valence-electron chi connectivity index (χ1n) is 7.58. The van der Waals surface area contributed by atoms with Gasteiger partial charge in [0, 0.05) is 29.2 Å². The highest BCUT2D eigenvalue weighted by Gasteiger charge is 2.26. The van der Waals surface area contributed by atoms with Crippen molar-refractivity contribution in [1.29, 1.82) is 0 Å². The van der Waals surface area contributed by atoms with Crippen molar-refractivity contribution < 1.29 is 19.8 Å². The largest absolute Gasteiger partial charge is 0.478 e. The molecule has 24 heavy (non-hydrogen) atoms. The second-order valence-corrected chi connectivity index (χ2v) is 6.02. The molecule has 5 nitrogen and oxygen atoms in total. The van der Waals surface area contributed by atoms with Gasteiger partial charge in [-0.25, -0.2) is 9.59 Å². The molecule has 0 aliphatic carbocycles. The van der Waals surface area contributed by atoms with Crippen LogP contribution in [0.4, 0.5) is 0 Å². The van der Waals surface area contributed by atoms with E-state index < -0.39 is 11.9 Å². The molecule has 2 rings (SSSR count). The van der Waals surface area contributed by atoms with Gasteiger partial charge in [-0.05, 0) is 39.3 Å². The number of carboxylic acids is 2. The van der Waals surface area contributed by atoms with Crippen molar-refractivity contribution in [3.63, 3.8) is 0 Å². The lowest BCUT2D eigenvalue weighted by molar-refractivity contribution is -0.136. The molecule has 2 aromatic rings. The van der Waals surface area contributed by atoms with E-state index in [0.717, 1.165) is 22.2 Å². The van der Waals surface area contributed by atoms with Gasteiger partial charge in [-0.3, -0.25) is 0 Å². The van der Waals surface area contributed by atoms with E-state index in [2.05, 4.69) is 0 Å². The maximum absolute atomic E-state index is 11.9. The van der Waals surface area contributed by atoms with Crippen LogP contribution in [-0.4, -0.2) is 26.7 Å². The molecule has 0 radical (unpaired) electrons. The van der Waals surface area contributed by atoms with Crippen molar-refractivity contribution >= 4 is 28.4 Å². The molecule has 0 saturated carbocycles. The van der Waals surface area contributed by atoms with Crippen molar-refractivity contribution in [2.24, 2.45) is 7.05 Å². The number of hydrogen-bond acceptors (Lipinski definition) is 2. The summed E-state index contributed by atoms with van der Waals surface area (Å²) in [6.07, 6.45) is 0. The third-order valence-corrected chi connectivity index (χ3v) is 4.33. The second-order valence-electron chi connectivity index (χ2n) is 6.02. The van der Waals surface area contributed by atoms with Crippen molar-refractivity contribution in [2.45, 2.75) is 27.7 Å². The summed E-state index contributed by atoms with van der Waals surface area (Å²) in [7, 11) is 1.91. The molecule has 0 aliphatic rings. The number of hydrogen-bond donors (Lipinski definition) is 2. The number of allylic oxidation sites excluding steroid dienone is 2. The van der Waals surface area contributed by atoms with E-state index in [1.54, 1.807) is 20.8 Å². The number of nitrogens with zero attached hydrogens (tertiary/aromatic N) is 1. The minimum absolute atomic E-state index is 0.160. The number of aliphatic carboxylic acids is 2. The number of benzene rings is 1. The first kappa shape index (κ1) is 17.5. The Hall–Kier alpha value is -2.82. The molecule has 5 heteroatoms. The fourth-order valence-electron chi connectivity index (χ4n) is 3.14. The molecule has 0 fully saturated rings. The Kier molecular flexibility index (Phi) is 4.64. The van der Waals surface area contributed by atoms with Crippen LogP contribution >= 0.6 is 0 Å². The van der Waals surface area contributed by atoms with Gasteiger partial charge in [0.15, 0.2) is 0 Å². The standard InChI is InChI=1S/C19H21NO4/c1-10(2)15(18(21)22)17(19(23)24)11(3)16-12(4)20(5)14-9-7-6-8-13(14)16/h6-9H,1-5H3,(H,21,22)(H,23,24)/b17-11+. The minimum atomic E-state index is -1.24. The zero-order valence-corrected chi connectivity index (χ0v) is 14.5. The summed E-state index contributed by atoms with van der Waals surface area (Å²) < 4.78 is 1.98. The monoisotopic (exact) mass is 327 g/mol. The molecular weight excluding hydrogens is 306 g/mol. The molecule has 1 heterocycles. The topological polar surface area (TPSA) is 79.5 Å². The van der Waals surface area contributed by atoms with E-state index in [4.69, 9.17) is 0 Å². The summed E-state index contributed by atoms with van der Waals surface area (Å²) in [6.45, 7) is 6.79. The number of rotatable bonds is 4. The summed E-state index contributed by atoms with van der Waals surface area (Å²) in [6, 6.07) is 7.68. The average Bonchev–Trinajstić information content (AvgIpc) is 2.75. The highest BCUT2D eigenvalue weighted by molar-refractivity contribution is 6.13. The van der Waals surface area contributed by atoms with Crippen LogP contribution in [0.1, 0.15) is 32.0 Å². The van der Waals surface area contributed by atoms with E-state index in [-0.39, 0.29) is 11.1 Å². The molecule has 1 aromatic heterocycles. The third-order valence-electron chi connectivity index (χ3n) is 4.33. The normalized spacial score (nSPS) is 12.0.